The standard InChI is InChI=1S/C13H18N2O2/c1-9(2)12(8-14)13(16)15-10(3)7-11-5-4-6-17-11/h4-6,9-10,12H,7H2,1-3H3,(H,15,16). The summed E-state index contributed by atoms with van der Waals surface area (Å²) in [6.07, 6.45) is 2.24. The lowest BCUT2D eigenvalue weighted by Gasteiger charge is -2.17. The van der Waals surface area contributed by atoms with E-state index in [1.54, 1.807) is 6.26 Å². The van der Waals surface area contributed by atoms with Crippen molar-refractivity contribution >= 4 is 5.91 Å². The fourth-order valence-electron chi connectivity index (χ4n) is 1.62. The Labute approximate surface area is 102 Å². The summed E-state index contributed by atoms with van der Waals surface area (Å²) in [6.45, 7) is 5.63. The fourth-order valence-corrected chi connectivity index (χ4v) is 1.62. The molecule has 2 unspecified atom stereocenters. The van der Waals surface area contributed by atoms with E-state index in [9.17, 15) is 4.79 Å². The maximum Gasteiger partial charge on any atom is 0.237 e. The second-order valence-electron chi connectivity index (χ2n) is 4.54. The Bertz CT molecular complexity index is 390. The third-order valence-electron chi connectivity index (χ3n) is 2.56. The monoisotopic (exact) mass is 234 g/mol. The average molecular weight is 234 g/mol. The zero-order chi connectivity index (χ0) is 12.8. The van der Waals surface area contributed by atoms with E-state index in [-0.39, 0.29) is 17.9 Å². The normalized spacial score (nSPS) is 14.1. The molecule has 1 aromatic heterocycles. The fraction of sp³-hybridized carbons (Fsp3) is 0.538. The highest BCUT2D eigenvalue weighted by molar-refractivity contribution is 5.81. The summed E-state index contributed by atoms with van der Waals surface area (Å²) in [6, 6.07) is 5.67. The Balaban J connectivity index is 2.48. The number of nitrogens with one attached hydrogen (secondary N) is 1. The average Bonchev–Trinajstić information content (AvgIpc) is 2.70. The highest BCUT2D eigenvalue weighted by Gasteiger charge is 2.22. The van der Waals surface area contributed by atoms with Crippen molar-refractivity contribution in [3.05, 3.63) is 24.2 Å². The molecule has 17 heavy (non-hydrogen) atoms. The van der Waals surface area contributed by atoms with Crippen molar-refractivity contribution in [3.8, 4) is 6.07 Å². The second kappa shape index (κ2) is 6.09. The number of carbonyl (C=O) groups is 1. The molecule has 0 fully saturated rings. The SMILES string of the molecule is CC(Cc1ccco1)NC(=O)C(C#N)C(C)C. The highest BCUT2D eigenvalue weighted by Crippen LogP contribution is 2.10. The van der Waals surface area contributed by atoms with Gasteiger partial charge in [0.15, 0.2) is 0 Å². The first kappa shape index (κ1) is 13.3. The zero-order valence-electron chi connectivity index (χ0n) is 10.4. The van der Waals surface area contributed by atoms with Crippen molar-refractivity contribution in [1.29, 1.82) is 5.26 Å². The first-order valence-corrected chi connectivity index (χ1v) is 5.77. The zero-order valence-corrected chi connectivity index (χ0v) is 10.4. The Morgan fingerprint density at radius 1 is 1.53 bits per heavy atom. The van der Waals surface area contributed by atoms with E-state index in [0.717, 1.165) is 5.76 Å². The summed E-state index contributed by atoms with van der Waals surface area (Å²) in [5.74, 6) is 0.0577. The van der Waals surface area contributed by atoms with E-state index in [1.807, 2.05) is 39.0 Å². The lowest BCUT2D eigenvalue weighted by molar-refractivity contribution is -0.125. The van der Waals surface area contributed by atoms with Crippen LogP contribution in [0, 0.1) is 23.2 Å². The third kappa shape index (κ3) is 3.95. The molecule has 0 saturated carbocycles. The number of nitriles is 1. The van der Waals surface area contributed by atoms with Crippen molar-refractivity contribution in [2.45, 2.75) is 33.2 Å². The topological polar surface area (TPSA) is 66.0 Å². The molecule has 1 heterocycles. The summed E-state index contributed by atoms with van der Waals surface area (Å²) >= 11 is 0. The maximum absolute atomic E-state index is 11.8. The molecule has 92 valence electrons. The Kier molecular flexibility index (Phi) is 4.77. The van der Waals surface area contributed by atoms with Crippen molar-refractivity contribution in [2.24, 2.45) is 11.8 Å². The van der Waals surface area contributed by atoms with Crippen LogP contribution < -0.4 is 5.32 Å². The minimum Gasteiger partial charge on any atom is -0.469 e. The lowest BCUT2D eigenvalue weighted by Crippen LogP contribution is -2.39. The van der Waals surface area contributed by atoms with Crippen LogP contribution in [0.5, 0.6) is 0 Å². The second-order valence-corrected chi connectivity index (χ2v) is 4.54. The molecule has 1 aromatic rings. The lowest BCUT2D eigenvalue weighted by atomic mass is 9.96. The molecule has 4 nitrogen and oxygen atoms in total. The third-order valence-corrected chi connectivity index (χ3v) is 2.56. The summed E-state index contributed by atoms with van der Waals surface area (Å²) in [5, 5.41) is 11.7. The number of carbonyl (C=O) groups excluding carboxylic acids is 1. The van der Waals surface area contributed by atoms with Crippen LogP contribution in [0.2, 0.25) is 0 Å². The van der Waals surface area contributed by atoms with Crippen LogP contribution >= 0.6 is 0 Å². The van der Waals surface area contributed by atoms with Gasteiger partial charge in [-0.05, 0) is 25.0 Å². The van der Waals surface area contributed by atoms with Gasteiger partial charge in [-0.25, -0.2) is 0 Å². The number of amides is 1. The molecular weight excluding hydrogens is 216 g/mol. The molecule has 1 N–H and O–H groups in total. The van der Waals surface area contributed by atoms with Gasteiger partial charge in [-0.3, -0.25) is 4.79 Å². The van der Waals surface area contributed by atoms with Crippen LogP contribution in [0.4, 0.5) is 0 Å². The van der Waals surface area contributed by atoms with Crippen molar-refractivity contribution in [3.63, 3.8) is 0 Å². The molecular formula is C13H18N2O2. The number of rotatable bonds is 5. The summed E-state index contributed by atoms with van der Waals surface area (Å²) in [7, 11) is 0. The molecule has 2 atom stereocenters. The van der Waals surface area contributed by atoms with Gasteiger partial charge in [0.25, 0.3) is 0 Å². The predicted molar refractivity (Wildman–Crippen MR) is 64.0 cm³/mol. The van der Waals surface area contributed by atoms with E-state index in [0.29, 0.717) is 6.42 Å². The summed E-state index contributed by atoms with van der Waals surface area (Å²) < 4.78 is 5.20. The van der Waals surface area contributed by atoms with E-state index < -0.39 is 5.92 Å². The molecule has 0 aliphatic heterocycles. The molecule has 0 aliphatic rings. The molecule has 1 amide bonds. The van der Waals surface area contributed by atoms with E-state index >= 15 is 0 Å². The summed E-state index contributed by atoms with van der Waals surface area (Å²) in [5.41, 5.74) is 0. The van der Waals surface area contributed by atoms with E-state index in [4.69, 9.17) is 9.68 Å². The first-order chi connectivity index (χ1) is 8.04. The predicted octanol–water partition coefficient (Wildman–Crippen LogP) is 2.12. The van der Waals surface area contributed by atoms with Gasteiger partial charge in [-0.1, -0.05) is 13.8 Å². The van der Waals surface area contributed by atoms with Crippen LogP contribution in [0.3, 0.4) is 0 Å². The largest absolute Gasteiger partial charge is 0.469 e. The van der Waals surface area contributed by atoms with E-state index in [2.05, 4.69) is 5.32 Å². The summed E-state index contributed by atoms with van der Waals surface area (Å²) in [4.78, 5) is 11.8. The smallest absolute Gasteiger partial charge is 0.237 e. The molecule has 1 rings (SSSR count). The van der Waals surface area contributed by atoms with E-state index in [1.165, 1.54) is 0 Å². The van der Waals surface area contributed by atoms with Crippen LogP contribution in [0.1, 0.15) is 26.5 Å². The van der Waals surface area contributed by atoms with Gasteiger partial charge in [0.05, 0.1) is 12.3 Å². The van der Waals surface area contributed by atoms with Gasteiger partial charge in [0.2, 0.25) is 5.91 Å². The minimum absolute atomic E-state index is 0.0239. The van der Waals surface area contributed by atoms with Crippen LogP contribution in [-0.4, -0.2) is 11.9 Å². The quantitative estimate of drug-likeness (QED) is 0.848. The van der Waals surface area contributed by atoms with Gasteiger partial charge in [0, 0.05) is 12.5 Å². The van der Waals surface area contributed by atoms with Gasteiger partial charge in [-0.2, -0.15) is 5.26 Å². The minimum atomic E-state index is -0.589. The Morgan fingerprint density at radius 2 is 2.24 bits per heavy atom. The van der Waals surface area contributed by atoms with Gasteiger partial charge in [0.1, 0.15) is 11.7 Å². The Morgan fingerprint density at radius 3 is 2.71 bits per heavy atom. The molecule has 0 bridgehead atoms. The van der Waals surface area contributed by atoms with Crippen molar-refractivity contribution < 1.29 is 9.21 Å². The number of hydrogen-bond acceptors (Lipinski definition) is 3. The van der Waals surface area contributed by atoms with Crippen molar-refractivity contribution in [1.82, 2.24) is 5.32 Å². The van der Waals surface area contributed by atoms with Gasteiger partial charge in [-0.15, -0.1) is 0 Å². The first-order valence-electron chi connectivity index (χ1n) is 5.77. The molecule has 0 radical (unpaired) electrons. The van der Waals surface area contributed by atoms with Crippen molar-refractivity contribution in [2.75, 3.05) is 0 Å². The molecule has 0 saturated heterocycles. The number of hydrogen-bond donors (Lipinski definition) is 1. The van der Waals surface area contributed by atoms with Crippen LogP contribution in [0.25, 0.3) is 0 Å². The molecule has 0 aromatic carbocycles. The molecule has 0 aliphatic carbocycles. The van der Waals surface area contributed by atoms with Gasteiger partial charge >= 0.3 is 0 Å². The molecule has 4 heteroatoms. The molecule has 0 spiro atoms. The van der Waals surface area contributed by atoms with Crippen LogP contribution in [0.15, 0.2) is 22.8 Å². The number of nitrogens with zero attached hydrogens (tertiary/aromatic N) is 1. The highest BCUT2D eigenvalue weighted by atomic mass is 16.3. The number of furan rings is 1. The Hall–Kier alpha value is -1.76. The van der Waals surface area contributed by atoms with Gasteiger partial charge < -0.3 is 9.73 Å². The maximum atomic E-state index is 11.8. The van der Waals surface area contributed by atoms with Crippen LogP contribution in [-0.2, 0) is 11.2 Å².